The first-order chi connectivity index (χ1) is 5.95. The summed E-state index contributed by atoms with van der Waals surface area (Å²) in [7, 11) is 0. The van der Waals surface area contributed by atoms with Gasteiger partial charge in [0, 0.05) is 23.5 Å². The van der Waals surface area contributed by atoms with Crippen molar-refractivity contribution < 1.29 is 0 Å². The zero-order valence-electron chi connectivity index (χ0n) is 6.42. The van der Waals surface area contributed by atoms with E-state index in [0.29, 0.717) is 0 Å². The molecule has 2 aromatic rings. The van der Waals surface area contributed by atoms with E-state index in [9.17, 15) is 0 Å². The fourth-order valence-corrected chi connectivity index (χ4v) is 1.52. The van der Waals surface area contributed by atoms with Crippen LogP contribution in [-0.4, -0.2) is 9.78 Å². The molecule has 0 aliphatic carbocycles. The highest BCUT2D eigenvalue weighted by molar-refractivity contribution is 7.10. The Kier molecular flexibility index (Phi) is 2.05. The molecular formula is C9H8N2S. The van der Waals surface area contributed by atoms with Crippen molar-refractivity contribution in [3.8, 4) is 0 Å². The van der Waals surface area contributed by atoms with Crippen molar-refractivity contribution in [3.05, 3.63) is 40.8 Å². The summed E-state index contributed by atoms with van der Waals surface area (Å²) in [5.41, 5.74) is 0. The van der Waals surface area contributed by atoms with Gasteiger partial charge in [0.1, 0.15) is 0 Å². The van der Waals surface area contributed by atoms with Crippen LogP contribution in [0.25, 0.3) is 12.3 Å². The van der Waals surface area contributed by atoms with Crippen LogP contribution in [0.4, 0.5) is 0 Å². The van der Waals surface area contributed by atoms with Gasteiger partial charge in [-0.2, -0.15) is 5.10 Å². The molecule has 60 valence electrons. The Balaban J connectivity index is 2.14. The maximum absolute atomic E-state index is 4.05. The van der Waals surface area contributed by atoms with Gasteiger partial charge in [-0.05, 0) is 23.6 Å². The molecule has 0 atom stereocenters. The Morgan fingerprint density at radius 1 is 1.42 bits per heavy atom. The van der Waals surface area contributed by atoms with Crippen molar-refractivity contribution in [1.29, 1.82) is 0 Å². The van der Waals surface area contributed by atoms with E-state index in [-0.39, 0.29) is 0 Å². The maximum atomic E-state index is 4.05. The molecule has 12 heavy (non-hydrogen) atoms. The van der Waals surface area contributed by atoms with Crippen LogP contribution in [0.2, 0.25) is 0 Å². The average Bonchev–Trinajstić information content (AvgIpc) is 2.74. The van der Waals surface area contributed by atoms with Gasteiger partial charge in [-0.15, -0.1) is 11.3 Å². The molecule has 3 heteroatoms. The summed E-state index contributed by atoms with van der Waals surface area (Å²) < 4.78 is 1.78. The van der Waals surface area contributed by atoms with Crippen LogP contribution in [0.5, 0.6) is 0 Å². The molecule has 0 aliphatic rings. The first kappa shape index (κ1) is 7.31. The third-order valence-corrected chi connectivity index (χ3v) is 2.30. The molecule has 2 heterocycles. The predicted molar refractivity (Wildman–Crippen MR) is 51.8 cm³/mol. The highest BCUT2D eigenvalue weighted by Crippen LogP contribution is 2.10. The van der Waals surface area contributed by atoms with Gasteiger partial charge in [0.2, 0.25) is 0 Å². The van der Waals surface area contributed by atoms with E-state index in [1.165, 1.54) is 4.88 Å². The summed E-state index contributed by atoms with van der Waals surface area (Å²) in [4.78, 5) is 1.24. The van der Waals surface area contributed by atoms with Crippen LogP contribution in [0, 0.1) is 0 Å². The monoisotopic (exact) mass is 176 g/mol. The molecule has 0 unspecified atom stereocenters. The number of nitrogens with zero attached hydrogens (tertiary/aromatic N) is 2. The van der Waals surface area contributed by atoms with E-state index in [4.69, 9.17) is 0 Å². The van der Waals surface area contributed by atoms with Crippen molar-refractivity contribution in [2.24, 2.45) is 0 Å². The van der Waals surface area contributed by atoms with Gasteiger partial charge in [-0.25, -0.2) is 4.68 Å². The minimum Gasteiger partial charge on any atom is -0.248 e. The molecule has 2 aromatic heterocycles. The molecule has 2 rings (SSSR count). The largest absolute Gasteiger partial charge is 0.248 e. The molecule has 0 saturated carbocycles. The lowest BCUT2D eigenvalue weighted by Gasteiger charge is -1.87. The third kappa shape index (κ3) is 1.62. The molecule has 0 aromatic carbocycles. The zero-order valence-corrected chi connectivity index (χ0v) is 7.24. The first-order valence-corrected chi connectivity index (χ1v) is 4.54. The van der Waals surface area contributed by atoms with Gasteiger partial charge in [0.05, 0.1) is 0 Å². The number of hydrogen-bond donors (Lipinski definition) is 0. The number of aromatic nitrogens is 2. The van der Waals surface area contributed by atoms with Crippen molar-refractivity contribution in [2.45, 2.75) is 0 Å². The second-order valence-corrected chi connectivity index (χ2v) is 3.30. The van der Waals surface area contributed by atoms with Crippen molar-refractivity contribution in [3.63, 3.8) is 0 Å². The maximum Gasteiger partial charge on any atom is 0.0493 e. The summed E-state index contributed by atoms with van der Waals surface area (Å²) in [6.07, 6.45) is 7.65. The van der Waals surface area contributed by atoms with Crippen LogP contribution in [0.3, 0.4) is 0 Å². The van der Waals surface area contributed by atoms with Gasteiger partial charge >= 0.3 is 0 Å². The lowest BCUT2D eigenvalue weighted by molar-refractivity contribution is 0.938. The SMILES string of the molecule is C(=Cn1cccn1)c1cccs1. The van der Waals surface area contributed by atoms with Gasteiger partial charge < -0.3 is 0 Å². The quantitative estimate of drug-likeness (QED) is 0.687. The molecule has 0 N–H and O–H groups in total. The average molecular weight is 176 g/mol. The number of thiophene rings is 1. The molecule has 0 bridgehead atoms. The lowest BCUT2D eigenvalue weighted by atomic mass is 10.4. The Morgan fingerprint density at radius 2 is 2.42 bits per heavy atom. The minimum absolute atomic E-state index is 1.24. The highest BCUT2D eigenvalue weighted by atomic mass is 32.1. The molecule has 0 spiro atoms. The van der Waals surface area contributed by atoms with Gasteiger partial charge in [-0.3, -0.25) is 0 Å². The Morgan fingerprint density at radius 3 is 3.08 bits per heavy atom. The molecule has 0 radical (unpaired) electrons. The summed E-state index contributed by atoms with van der Waals surface area (Å²) in [5, 5.41) is 6.11. The van der Waals surface area contributed by atoms with Crippen molar-refractivity contribution in [2.75, 3.05) is 0 Å². The van der Waals surface area contributed by atoms with E-state index < -0.39 is 0 Å². The smallest absolute Gasteiger partial charge is 0.0493 e. The summed E-state index contributed by atoms with van der Waals surface area (Å²) in [6.45, 7) is 0. The fourth-order valence-electron chi connectivity index (χ4n) is 0.905. The van der Waals surface area contributed by atoms with Crippen LogP contribution in [0.15, 0.2) is 36.0 Å². The number of hydrogen-bond acceptors (Lipinski definition) is 2. The van der Waals surface area contributed by atoms with Gasteiger partial charge in [-0.1, -0.05) is 6.07 Å². The molecule has 0 aliphatic heterocycles. The van der Waals surface area contributed by atoms with E-state index in [1.54, 1.807) is 22.2 Å². The standard InChI is InChI=1S/C9H8N2S/c1-3-9(12-8-1)4-7-11-6-2-5-10-11/h1-8H. The second kappa shape index (κ2) is 3.36. The molecule has 0 saturated heterocycles. The summed E-state index contributed by atoms with van der Waals surface area (Å²) in [5.74, 6) is 0. The molecule has 0 fully saturated rings. The summed E-state index contributed by atoms with van der Waals surface area (Å²) in [6, 6.07) is 6.01. The Labute approximate surface area is 74.8 Å². The van der Waals surface area contributed by atoms with E-state index in [2.05, 4.69) is 16.5 Å². The topological polar surface area (TPSA) is 17.8 Å². The van der Waals surface area contributed by atoms with Crippen LogP contribution in [-0.2, 0) is 0 Å². The van der Waals surface area contributed by atoms with Crippen molar-refractivity contribution in [1.82, 2.24) is 9.78 Å². The predicted octanol–water partition coefficient (Wildman–Crippen LogP) is 2.57. The number of rotatable bonds is 2. The fraction of sp³-hybridized carbons (Fsp3) is 0. The Hall–Kier alpha value is -1.35. The minimum atomic E-state index is 1.24. The van der Waals surface area contributed by atoms with Crippen LogP contribution >= 0.6 is 11.3 Å². The zero-order chi connectivity index (χ0) is 8.23. The van der Waals surface area contributed by atoms with E-state index in [1.807, 2.05) is 30.6 Å². The molecule has 0 amide bonds. The van der Waals surface area contributed by atoms with Crippen molar-refractivity contribution >= 4 is 23.6 Å². The summed E-state index contributed by atoms with van der Waals surface area (Å²) >= 11 is 1.72. The lowest BCUT2D eigenvalue weighted by Crippen LogP contribution is -1.82. The molecular weight excluding hydrogens is 168 g/mol. The Bertz CT molecular complexity index is 310. The first-order valence-electron chi connectivity index (χ1n) is 3.66. The van der Waals surface area contributed by atoms with E-state index >= 15 is 0 Å². The van der Waals surface area contributed by atoms with Gasteiger partial charge in [0.15, 0.2) is 0 Å². The third-order valence-electron chi connectivity index (χ3n) is 1.46. The molecule has 2 nitrogen and oxygen atoms in total. The van der Waals surface area contributed by atoms with E-state index in [0.717, 1.165) is 0 Å². The van der Waals surface area contributed by atoms with Gasteiger partial charge in [0.25, 0.3) is 0 Å². The van der Waals surface area contributed by atoms with Crippen LogP contribution in [0.1, 0.15) is 4.88 Å². The normalized spacial score (nSPS) is 11.0. The van der Waals surface area contributed by atoms with Crippen LogP contribution < -0.4 is 0 Å². The highest BCUT2D eigenvalue weighted by Gasteiger charge is 1.85. The second-order valence-electron chi connectivity index (χ2n) is 2.32.